The molecule has 4 rings (SSSR count). The second kappa shape index (κ2) is 4.44. The molecule has 2 bridgehead atoms. The molecule has 3 aliphatic carbocycles. The lowest BCUT2D eigenvalue weighted by Gasteiger charge is -2.35. The van der Waals surface area contributed by atoms with Gasteiger partial charge in [0.1, 0.15) is 0 Å². The zero-order valence-corrected chi connectivity index (χ0v) is 12.3. The first kappa shape index (κ1) is 13.1. The maximum Gasteiger partial charge on any atom is 0.226 e. The van der Waals surface area contributed by atoms with Gasteiger partial charge < -0.3 is 14.7 Å². The lowest BCUT2D eigenvalue weighted by atomic mass is 9.93. The molecule has 4 atom stereocenters. The minimum atomic E-state index is -0.731. The molecular weight excluding hydrogens is 254 g/mol. The van der Waals surface area contributed by atoms with E-state index in [4.69, 9.17) is 4.74 Å². The Morgan fingerprint density at radius 3 is 2.45 bits per heavy atom. The molecule has 4 heteroatoms. The molecule has 4 aliphatic rings. The lowest BCUT2D eigenvalue weighted by molar-refractivity contribution is -0.139. The largest absolute Gasteiger partial charge is 0.388 e. The summed E-state index contributed by atoms with van der Waals surface area (Å²) < 4.78 is 5.30. The minimum absolute atomic E-state index is 0.287. The van der Waals surface area contributed by atoms with Crippen LogP contribution in [0.1, 0.15) is 32.1 Å². The summed E-state index contributed by atoms with van der Waals surface area (Å²) in [4.78, 5) is 14.4. The standard InChI is InChI=1S/C16H25NO3/c1-17(9-16(19)4-6-20-7-5-16)15(18)14-12-10-2-3-11(8-10)13(12)14/h10-14,19H,2-9H2,1H3. The van der Waals surface area contributed by atoms with E-state index in [0.717, 1.165) is 11.8 Å². The van der Waals surface area contributed by atoms with Gasteiger partial charge in [0, 0.05) is 45.6 Å². The van der Waals surface area contributed by atoms with Gasteiger partial charge in [-0.15, -0.1) is 0 Å². The summed E-state index contributed by atoms with van der Waals surface area (Å²) in [5.74, 6) is 3.62. The third-order valence-corrected chi connectivity index (χ3v) is 6.35. The van der Waals surface area contributed by atoms with Gasteiger partial charge >= 0.3 is 0 Å². The molecule has 0 spiro atoms. The highest BCUT2D eigenvalue weighted by atomic mass is 16.5. The van der Waals surface area contributed by atoms with Crippen molar-refractivity contribution in [3.63, 3.8) is 0 Å². The van der Waals surface area contributed by atoms with Gasteiger partial charge in [0.15, 0.2) is 0 Å². The summed E-state index contributed by atoms with van der Waals surface area (Å²) in [5, 5.41) is 10.5. The predicted octanol–water partition coefficient (Wildman–Crippen LogP) is 1.28. The average molecular weight is 279 g/mol. The molecule has 0 radical (unpaired) electrons. The second-order valence-electron chi connectivity index (χ2n) is 7.54. The molecule has 112 valence electrons. The Hall–Kier alpha value is -0.610. The predicted molar refractivity (Wildman–Crippen MR) is 73.9 cm³/mol. The Morgan fingerprint density at radius 1 is 1.25 bits per heavy atom. The van der Waals surface area contributed by atoms with Crippen LogP contribution < -0.4 is 0 Å². The Bertz CT molecular complexity index is 402. The number of rotatable bonds is 3. The SMILES string of the molecule is CN(CC1(O)CCOCC1)C(=O)C1C2C3CCC(C3)C12. The number of fused-ring (bicyclic) bond motifs is 5. The van der Waals surface area contributed by atoms with Crippen LogP contribution in [0.2, 0.25) is 0 Å². The van der Waals surface area contributed by atoms with E-state index in [1.54, 1.807) is 4.90 Å². The summed E-state index contributed by atoms with van der Waals surface area (Å²) in [5.41, 5.74) is -0.731. The normalized spacial score (nSPS) is 44.2. The van der Waals surface area contributed by atoms with E-state index in [0.29, 0.717) is 44.4 Å². The third-order valence-electron chi connectivity index (χ3n) is 6.35. The van der Waals surface area contributed by atoms with Gasteiger partial charge in [-0.25, -0.2) is 0 Å². The zero-order valence-electron chi connectivity index (χ0n) is 12.3. The van der Waals surface area contributed by atoms with E-state index in [9.17, 15) is 9.90 Å². The van der Waals surface area contributed by atoms with Crippen molar-refractivity contribution in [2.24, 2.45) is 29.6 Å². The molecule has 0 aromatic carbocycles. The van der Waals surface area contributed by atoms with Crippen molar-refractivity contribution >= 4 is 5.91 Å². The molecule has 1 aliphatic heterocycles. The van der Waals surface area contributed by atoms with Crippen LogP contribution in [0.25, 0.3) is 0 Å². The Morgan fingerprint density at radius 2 is 1.85 bits per heavy atom. The molecule has 4 fully saturated rings. The van der Waals surface area contributed by atoms with Crippen LogP contribution in [-0.4, -0.2) is 48.3 Å². The molecule has 1 amide bonds. The summed E-state index contributed by atoms with van der Waals surface area (Å²) in [6.45, 7) is 1.69. The van der Waals surface area contributed by atoms with Crippen LogP contribution in [0.3, 0.4) is 0 Å². The number of carbonyl (C=O) groups is 1. The highest BCUT2D eigenvalue weighted by molar-refractivity contribution is 5.82. The van der Waals surface area contributed by atoms with E-state index in [1.165, 1.54) is 19.3 Å². The van der Waals surface area contributed by atoms with Gasteiger partial charge in [0.05, 0.1) is 5.60 Å². The summed E-state index contributed by atoms with van der Waals surface area (Å²) >= 11 is 0. The van der Waals surface area contributed by atoms with Crippen molar-refractivity contribution in [1.82, 2.24) is 4.90 Å². The smallest absolute Gasteiger partial charge is 0.226 e. The number of aliphatic hydroxyl groups is 1. The van der Waals surface area contributed by atoms with Crippen molar-refractivity contribution in [1.29, 1.82) is 0 Å². The topological polar surface area (TPSA) is 49.8 Å². The molecule has 4 nitrogen and oxygen atoms in total. The number of hydrogen-bond acceptors (Lipinski definition) is 3. The lowest BCUT2D eigenvalue weighted by Crippen LogP contribution is -2.48. The molecule has 3 saturated carbocycles. The van der Waals surface area contributed by atoms with Gasteiger partial charge in [-0.3, -0.25) is 4.79 Å². The number of likely N-dealkylation sites (N-methyl/N-ethyl adjacent to an activating group) is 1. The fourth-order valence-electron chi connectivity index (χ4n) is 5.34. The van der Waals surface area contributed by atoms with Crippen LogP contribution >= 0.6 is 0 Å². The molecule has 20 heavy (non-hydrogen) atoms. The van der Waals surface area contributed by atoms with Crippen molar-refractivity contribution in [2.45, 2.75) is 37.7 Å². The molecular formula is C16H25NO3. The highest BCUT2D eigenvalue weighted by Crippen LogP contribution is 2.69. The molecule has 1 saturated heterocycles. The fraction of sp³-hybridized carbons (Fsp3) is 0.938. The molecule has 1 N–H and O–H groups in total. The highest BCUT2D eigenvalue weighted by Gasteiger charge is 2.67. The quantitative estimate of drug-likeness (QED) is 0.846. The monoisotopic (exact) mass is 279 g/mol. The van der Waals surface area contributed by atoms with Crippen molar-refractivity contribution in [3.8, 4) is 0 Å². The second-order valence-corrected chi connectivity index (χ2v) is 7.54. The van der Waals surface area contributed by atoms with E-state index in [2.05, 4.69) is 0 Å². The summed E-state index contributed by atoms with van der Waals surface area (Å²) in [7, 11) is 1.87. The number of carbonyl (C=O) groups excluding carboxylic acids is 1. The van der Waals surface area contributed by atoms with Crippen molar-refractivity contribution < 1.29 is 14.6 Å². The van der Waals surface area contributed by atoms with E-state index in [1.807, 2.05) is 7.05 Å². The summed E-state index contributed by atoms with van der Waals surface area (Å²) in [6.07, 6.45) is 5.37. The van der Waals surface area contributed by atoms with Crippen LogP contribution in [0, 0.1) is 29.6 Å². The van der Waals surface area contributed by atoms with Crippen molar-refractivity contribution in [3.05, 3.63) is 0 Å². The zero-order chi connectivity index (χ0) is 13.9. The minimum Gasteiger partial charge on any atom is -0.388 e. The van der Waals surface area contributed by atoms with Gasteiger partial charge in [0.2, 0.25) is 5.91 Å². The molecule has 0 aromatic rings. The van der Waals surface area contributed by atoms with E-state index >= 15 is 0 Å². The maximum absolute atomic E-state index is 12.6. The number of nitrogens with zero attached hydrogens (tertiary/aromatic N) is 1. The van der Waals surface area contributed by atoms with Gasteiger partial charge in [-0.1, -0.05) is 0 Å². The van der Waals surface area contributed by atoms with Crippen LogP contribution in [0.5, 0.6) is 0 Å². The molecule has 4 unspecified atom stereocenters. The average Bonchev–Trinajstić information content (AvgIpc) is 2.85. The first-order valence-corrected chi connectivity index (χ1v) is 8.14. The Labute approximate surface area is 120 Å². The Kier molecular flexibility index (Phi) is 2.90. The molecule has 1 heterocycles. The van der Waals surface area contributed by atoms with Crippen LogP contribution in [0.4, 0.5) is 0 Å². The number of amides is 1. The van der Waals surface area contributed by atoms with Gasteiger partial charge in [-0.2, -0.15) is 0 Å². The Balaban J connectivity index is 1.37. The van der Waals surface area contributed by atoms with E-state index < -0.39 is 5.60 Å². The fourth-order valence-corrected chi connectivity index (χ4v) is 5.34. The van der Waals surface area contributed by atoms with E-state index in [-0.39, 0.29) is 11.8 Å². The van der Waals surface area contributed by atoms with Crippen molar-refractivity contribution in [2.75, 3.05) is 26.8 Å². The van der Waals surface area contributed by atoms with Crippen LogP contribution in [0.15, 0.2) is 0 Å². The first-order valence-electron chi connectivity index (χ1n) is 8.14. The third kappa shape index (κ3) is 1.92. The molecule has 0 aromatic heterocycles. The van der Waals surface area contributed by atoms with Gasteiger partial charge in [0.25, 0.3) is 0 Å². The van der Waals surface area contributed by atoms with Gasteiger partial charge in [-0.05, 0) is 42.9 Å². The van der Waals surface area contributed by atoms with Crippen LogP contribution in [-0.2, 0) is 9.53 Å². The summed E-state index contributed by atoms with van der Waals surface area (Å²) in [6, 6.07) is 0. The number of hydrogen-bond donors (Lipinski definition) is 1. The maximum atomic E-state index is 12.6. The first-order chi connectivity index (χ1) is 9.59. The number of ether oxygens (including phenoxy) is 1.